The Morgan fingerprint density at radius 1 is 1.08 bits per heavy atom. The van der Waals surface area contributed by atoms with Crippen molar-refractivity contribution < 1.29 is 14.5 Å². The van der Waals surface area contributed by atoms with Gasteiger partial charge in [0.1, 0.15) is 11.4 Å². The fourth-order valence-corrected chi connectivity index (χ4v) is 2.99. The van der Waals surface area contributed by atoms with Crippen LogP contribution in [0.4, 0.5) is 5.69 Å². The third-order valence-corrected chi connectivity index (χ3v) is 4.16. The smallest absolute Gasteiger partial charge is 0.274 e. The molecule has 0 unspecified atom stereocenters. The summed E-state index contributed by atoms with van der Waals surface area (Å²) in [5.74, 6) is -0.593. The molecule has 0 N–H and O–H groups in total. The zero-order valence-electron chi connectivity index (χ0n) is 13.4. The molecule has 0 saturated carbocycles. The molecule has 2 heterocycles. The summed E-state index contributed by atoms with van der Waals surface area (Å²) < 4.78 is 1.55. The van der Waals surface area contributed by atoms with E-state index in [0.29, 0.717) is 35.5 Å². The molecular weight excluding hydrogens is 312 g/mol. The zero-order chi connectivity index (χ0) is 17.4. The number of hydrogen-bond donors (Lipinski definition) is 0. The van der Waals surface area contributed by atoms with Gasteiger partial charge in [0.05, 0.1) is 16.1 Å². The second kappa shape index (κ2) is 5.88. The van der Waals surface area contributed by atoms with E-state index in [9.17, 15) is 19.7 Å². The number of carbonyl (C=O) groups is 2. The summed E-state index contributed by atoms with van der Waals surface area (Å²) in [5.41, 5.74) is 1.68. The van der Waals surface area contributed by atoms with Crippen molar-refractivity contribution in [2.75, 3.05) is 6.54 Å². The molecular formula is C16H16N4O4. The predicted molar refractivity (Wildman–Crippen MR) is 84.8 cm³/mol. The van der Waals surface area contributed by atoms with Gasteiger partial charge in [0.15, 0.2) is 0 Å². The van der Waals surface area contributed by atoms with Crippen LogP contribution in [0.2, 0.25) is 0 Å². The number of carbonyl (C=O) groups excluding carboxylic acids is 2. The van der Waals surface area contributed by atoms with Gasteiger partial charge in [-0.2, -0.15) is 5.10 Å². The lowest BCUT2D eigenvalue weighted by atomic mass is 10.1. The maximum Gasteiger partial charge on any atom is 0.312 e. The Kier molecular flexibility index (Phi) is 3.88. The Morgan fingerprint density at radius 2 is 1.67 bits per heavy atom. The maximum atomic E-state index is 12.3. The highest BCUT2D eigenvalue weighted by Gasteiger charge is 2.34. The van der Waals surface area contributed by atoms with Gasteiger partial charge < -0.3 is 0 Å². The van der Waals surface area contributed by atoms with Gasteiger partial charge >= 0.3 is 5.69 Å². The predicted octanol–water partition coefficient (Wildman–Crippen LogP) is 2.09. The van der Waals surface area contributed by atoms with Crippen LogP contribution in [0.3, 0.4) is 0 Å². The molecule has 8 heteroatoms. The molecule has 0 aliphatic carbocycles. The number of nitrogens with zero attached hydrogens (tertiary/aromatic N) is 4. The monoisotopic (exact) mass is 328 g/mol. The molecule has 2 amide bonds. The van der Waals surface area contributed by atoms with Crippen LogP contribution in [0.5, 0.6) is 0 Å². The fourth-order valence-electron chi connectivity index (χ4n) is 2.99. The quantitative estimate of drug-likeness (QED) is 0.475. The number of amides is 2. The Bertz CT molecular complexity index is 821. The van der Waals surface area contributed by atoms with Crippen molar-refractivity contribution in [1.29, 1.82) is 0 Å². The number of fused-ring (bicyclic) bond motifs is 1. The van der Waals surface area contributed by atoms with Crippen LogP contribution in [0.1, 0.15) is 38.5 Å². The first-order chi connectivity index (χ1) is 11.4. The zero-order valence-corrected chi connectivity index (χ0v) is 13.4. The van der Waals surface area contributed by atoms with E-state index >= 15 is 0 Å². The van der Waals surface area contributed by atoms with Crippen molar-refractivity contribution in [2.24, 2.45) is 0 Å². The van der Waals surface area contributed by atoms with Gasteiger partial charge in [-0.15, -0.1) is 0 Å². The molecule has 2 aromatic rings. The van der Waals surface area contributed by atoms with Crippen LogP contribution in [-0.4, -0.2) is 38.0 Å². The van der Waals surface area contributed by atoms with E-state index in [4.69, 9.17) is 0 Å². The van der Waals surface area contributed by atoms with E-state index in [1.165, 1.54) is 4.90 Å². The van der Waals surface area contributed by atoms with Crippen molar-refractivity contribution >= 4 is 17.5 Å². The molecule has 0 radical (unpaired) electrons. The molecule has 3 rings (SSSR count). The molecule has 8 nitrogen and oxygen atoms in total. The molecule has 1 aromatic carbocycles. The van der Waals surface area contributed by atoms with Crippen LogP contribution < -0.4 is 0 Å². The number of nitro groups is 1. The second-order valence-corrected chi connectivity index (χ2v) is 5.66. The average Bonchev–Trinajstić information content (AvgIpc) is 2.96. The van der Waals surface area contributed by atoms with E-state index in [1.807, 2.05) is 0 Å². The number of imide groups is 1. The first kappa shape index (κ1) is 15.9. The lowest BCUT2D eigenvalue weighted by molar-refractivity contribution is -0.386. The Morgan fingerprint density at radius 3 is 2.17 bits per heavy atom. The first-order valence-corrected chi connectivity index (χ1v) is 7.55. The van der Waals surface area contributed by atoms with Crippen molar-refractivity contribution in [3.05, 3.63) is 56.9 Å². The molecule has 0 atom stereocenters. The van der Waals surface area contributed by atoms with Crippen LogP contribution in [-0.2, 0) is 6.54 Å². The van der Waals surface area contributed by atoms with Crippen molar-refractivity contribution in [3.63, 3.8) is 0 Å². The van der Waals surface area contributed by atoms with E-state index < -0.39 is 4.92 Å². The second-order valence-electron chi connectivity index (χ2n) is 5.66. The highest BCUT2D eigenvalue weighted by atomic mass is 16.6. The SMILES string of the molecule is Cc1nn(CCCN2C(=O)c3ccccc3C2=O)c(C)c1[N+](=O)[O-]. The standard InChI is InChI=1S/C16H16N4O4/c1-10-14(20(23)24)11(2)19(17-10)9-5-8-18-15(21)12-6-3-4-7-13(12)16(18)22/h3-4,6-7H,5,8-9H2,1-2H3. The minimum Gasteiger partial charge on any atom is -0.274 e. The largest absolute Gasteiger partial charge is 0.312 e. The minimum absolute atomic E-state index is 0.00994. The Balaban J connectivity index is 1.68. The molecule has 0 saturated heterocycles. The molecule has 1 aliphatic heterocycles. The summed E-state index contributed by atoms with van der Waals surface area (Å²) >= 11 is 0. The van der Waals surface area contributed by atoms with Gasteiger partial charge in [0, 0.05) is 13.1 Å². The van der Waals surface area contributed by atoms with Crippen LogP contribution in [0.15, 0.2) is 24.3 Å². The van der Waals surface area contributed by atoms with E-state index in [-0.39, 0.29) is 24.0 Å². The van der Waals surface area contributed by atoms with Crippen molar-refractivity contribution in [1.82, 2.24) is 14.7 Å². The molecule has 1 aromatic heterocycles. The van der Waals surface area contributed by atoms with Gasteiger partial charge in [-0.05, 0) is 32.4 Å². The molecule has 0 fully saturated rings. The minimum atomic E-state index is -0.446. The van der Waals surface area contributed by atoms with Crippen molar-refractivity contribution in [3.8, 4) is 0 Å². The van der Waals surface area contributed by atoms with Gasteiger partial charge in [-0.1, -0.05) is 12.1 Å². The topological polar surface area (TPSA) is 98.3 Å². The third-order valence-electron chi connectivity index (χ3n) is 4.16. The number of aromatic nitrogens is 2. The van der Waals surface area contributed by atoms with Gasteiger partial charge in [0.2, 0.25) is 0 Å². The summed E-state index contributed by atoms with van der Waals surface area (Å²) in [4.78, 5) is 36.3. The highest BCUT2D eigenvalue weighted by Crippen LogP contribution is 2.24. The van der Waals surface area contributed by atoms with Crippen LogP contribution in [0.25, 0.3) is 0 Å². The first-order valence-electron chi connectivity index (χ1n) is 7.55. The maximum absolute atomic E-state index is 12.3. The molecule has 124 valence electrons. The molecule has 0 spiro atoms. The Labute approximate surface area is 137 Å². The van der Waals surface area contributed by atoms with E-state index in [2.05, 4.69) is 5.10 Å². The summed E-state index contributed by atoms with van der Waals surface area (Å²) in [5, 5.41) is 15.2. The van der Waals surface area contributed by atoms with Gasteiger partial charge in [-0.3, -0.25) is 29.3 Å². The highest BCUT2D eigenvalue weighted by molar-refractivity contribution is 6.21. The number of benzene rings is 1. The summed E-state index contributed by atoms with van der Waals surface area (Å²) in [6, 6.07) is 6.73. The van der Waals surface area contributed by atoms with E-state index in [0.717, 1.165) is 0 Å². The normalized spacial score (nSPS) is 13.5. The molecule has 0 bridgehead atoms. The lowest BCUT2D eigenvalue weighted by Gasteiger charge is -2.13. The number of aryl methyl sites for hydroxylation is 2. The summed E-state index contributed by atoms with van der Waals surface area (Å²) in [7, 11) is 0. The van der Waals surface area contributed by atoms with Crippen LogP contribution in [0, 0.1) is 24.0 Å². The van der Waals surface area contributed by atoms with Crippen LogP contribution >= 0.6 is 0 Å². The molecule has 24 heavy (non-hydrogen) atoms. The summed E-state index contributed by atoms with van der Waals surface area (Å²) in [6.07, 6.45) is 0.477. The van der Waals surface area contributed by atoms with E-state index in [1.54, 1.807) is 42.8 Å². The number of hydrogen-bond acceptors (Lipinski definition) is 5. The Hall–Kier alpha value is -3.03. The molecule has 1 aliphatic rings. The number of rotatable bonds is 5. The van der Waals surface area contributed by atoms with Crippen molar-refractivity contribution in [2.45, 2.75) is 26.8 Å². The third kappa shape index (κ3) is 2.45. The summed E-state index contributed by atoms with van der Waals surface area (Å²) in [6.45, 7) is 3.87. The fraction of sp³-hybridized carbons (Fsp3) is 0.312. The lowest BCUT2D eigenvalue weighted by Crippen LogP contribution is -2.31. The average molecular weight is 328 g/mol. The van der Waals surface area contributed by atoms with Gasteiger partial charge in [0.25, 0.3) is 11.8 Å². The van der Waals surface area contributed by atoms with Gasteiger partial charge in [-0.25, -0.2) is 0 Å².